The molecule has 2 nitrogen and oxygen atoms in total. The van der Waals surface area contributed by atoms with Crippen LogP contribution in [0.3, 0.4) is 0 Å². The SMILES string of the molecule is NCc1cc(Cl)nc(C(F)F)c1I. The Morgan fingerprint density at radius 2 is 2.23 bits per heavy atom. The van der Waals surface area contributed by atoms with Gasteiger partial charge >= 0.3 is 0 Å². The highest BCUT2D eigenvalue weighted by molar-refractivity contribution is 14.1. The average molecular weight is 318 g/mol. The van der Waals surface area contributed by atoms with E-state index in [0.717, 1.165) is 0 Å². The summed E-state index contributed by atoms with van der Waals surface area (Å²) in [4.78, 5) is 3.53. The molecule has 1 rings (SSSR count). The van der Waals surface area contributed by atoms with Crippen molar-refractivity contribution in [3.05, 3.63) is 26.0 Å². The largest absolute Gasteiger partial charge is 0.326 e. The van der Waals surface area contributed by atoms with Crippen molar-refractivity contribution in [3.8, 4) is 0 Å². The second-order valence-corrected chi connectivity index (χ2v) is 3.77. The molecule has 0 aliphatic carbocycles. The molecule has 72 valence electrons. The van der Waals surface area contributed by atoms with Gasteiger partial charge in [-0.1, -0.05) is 11.6 Å². The molecule has 6 heteroatoms. The molecule has 0 radical (unpaired) electrons. The number of aromatic nitrogens is 1. The highest BCUT2D eigenvalue weighted by atomic mass is 127. The fraction of sp³-hybridized carbons (Fsp3) is 0.286. The van der Waals surface area contributed by atoms with Gasteiger partial charge in [-0.25, -0.2) is 13.8 Å². The van der Waals surface area contributed by atoms with E-state index in [-0.39, 0.29) is 17.4 Å². The topological polar surface area (TPSA) is 38.9 Å². The summed E-state index contributed by atoms with van der Waals surface area (Å²) in [6, 6.07) is 1.50. The van der Waals surface area contributed by atoms with Gasteiger partial charge in [-0.05, 0) is 34.2 Å². The fourth-order valence-electron chi connectivity index (χ4n) is 0.861. The van der Waals surface area contributed by atoms with Crippen LogP contribution in [0.4, 0.5) is 8.78 Å². The van der Waals surface area contributed by atoms with E-state index in [1.54, 1.807) is 22.6 Å². The van der Waals surface area contributed by atoms with Crippen LogP contribution in [0, 0.1) is 3.57 Å². The predicted molar refractivity (Wildman–Crippen MR) is 54.8 cm³/mol. The van der Waals surface area contributed by atoms with Crippen LogP contribution in [0.2, 0.25) is 5.15 Å². The lowest BCUT2D eigenvalue weighted by atomic mass is 10.2. The maximum absolute atomic E-state index is 12.4. The zero-order valence-electron chi connectivity index (χ0n) is 6.40. The summed E-state index contributed by atoms with van der Waals surface area (Å²) in [5, 5.41) is 0.0520. The molecule has 0 amide bonds. The monoisotopic (exact) mass is 318 g/mol. The number of pyridine rings is 1. The van der Waals surface area contributed by atoms with Gasteiger partial charge in [0.25, 0.3) is 6.43 Å². The number of hydrogen-bond donors (Lipinski definition) is 1. The van der Waals surface area contributed by atoms with Crippen LogP contribution in [0.15, 0.2) is 6.07 Å². The van der Waals surface area contributed by atoms with Gasteiger partial charge in [0.15, 0.2) is 0 Å². The fourth-order valence-corrected chi connectivity index (χ4v) is 1.82. The van der Waals surface area contributed by atoms with E-state index < -0.39 is 6.43 Å². The highest BCUT2D eigenvalue weighted by Crippen LogP contribution is 2.27. The van der Waals surface area contributed by atoms with Gasteiger partial charge in [0.2, 0.25) is 0 Å². The number of halogens is 4. The van der Waals surface area contributed by atoms with E-state index >= 15 is 0 Å². The van der Waals surface area contributed by atoms with Crippen LogP contribution in [-0.2, 0) is 6.54 Å². The first-order valence-corrected chi connectivity index (χ1v) is 4.85. The number of alkyl halides is 2. The number of rotatable bonds is 2. The van der Waals surface area contributed by atoms with Gasteiger partial charge < -0.3 is 5.73 Å². The molecule has 0 saturated heterocycles. The van der Waals surface area contributed by atoms with Crippen molar-refractivity contribution in [3.63, 3.8) is 0 Å². The Balaban J connectivity index is 3.27. The summed E-state index contributed by atoms with van der Waals surface area (Å²) in [7, 11) is 0. The van der Waals surface area contributed by atoms with Crippen LogP contribution < -0.4 is 5.73 Å². The minimum absolute atomic E-state index is 0.0520. The second-order valence-electron chi connectivity index (χ2n) is 2.31. The molecule has 0 aliphatic heterocycles. The Morgan fingerprint density at radius 1 is 1.62 bits per heavy atom. The van der Waals surface area contributed by atoms with Gasteiger partial charge in [0.1, 0.15) is 10.8 Å². The van der Waals surface area contributed by atoms with E-state index in [2.05, 4.69) is 4.98 Å². The summed E-state index contributed by atoms with van der Waals surface area (Å²) in [6.45, 7) is 0.181. The Kier molecular flexibility index (Phi) is 3.81. The van der Waals surface area contributed by atoms with E-state index in [9.17, 15) is 8.78 Å². The third-order valence-corrected chi connectivity index (χ3v) is 2.89. The van der Waals surface area contributed by atoms with Crippen molar-refractivity contribution in [1.29, 1.82) is 0 Å². The van der Waals surface area contributed by atoms with Crippen molar-refractivity contribution in [1.82, 2.24) is 4.98 Å². The molecule has 13 heavy (non-hydrogen) atoms. The Morgan fingerprint density at radius 3 is 2.69 bits per heavy atom. The standard InChI is InChI=1S/C7H6ClF2IN2/c8-4-1-3(2-12)5(11)6(13-4)7(9)10/h1,7H,2,12H2. The minimum Gasteiger partial charge on any atom is -0.326 e. The zero-order valence-corrected chi connectivity index (χ0v) is 9.31. The number of nitrogens with zero attached hydrogens (tertiary/aromatic N) is 1. The second kappa shape index (κ2) is 4.47. The third-order valence-electron chi connectivity index (χ3n) is 1.45. The molecule has 0 unspecified atom stereocenters. The average Bonchev–Trinajstić information content (AvgIpc) is 2.08. The van der Waals surface area contributed by atoms with Crippen LogP contribution in [0.25, 0.3) is 0 Å². The molecule has 1 aromatic rings. The van der Waals surface area contributed by atoms with Crippen molar-refractivity contribution >= 4 is 34.2 Å². The number of nitrogens with two attached hydrogens (primary N) is 1. The molecule has 0 fully saturated rings. The third kappa shape index (κ3) is 2.47. The smallest absolute Gasteiger partial charge is 0.281 e. The highest BCUT2D eigenvalue weighted by Gasteiger charge is 2.16. The summed E-state index contributed by atoms with van der Waals surface area (Å²) in [5.41, 5.74) is 5.65. The van der Waals surface area contributed by atoms with Crippen molar-refractivity contribution < 1.29 is 8.78 Å². The lowest BCUT2D eigenvalue weighted by Crippen LogP contribution is -2.04. The Hall–Kier alpha value is -0.0100. The number of hydrogen-bond acceptors (Lipinski definition) is 2. The van der Waals surface area contributed by atoms with Crippen LogP contribution >= 0.6 is 34.2 Å². The first-order chi connectivity index (χ1) is 6.06. The summed E-state index contributed by atoms with van der Waals surface area (Å²) >= 11 is 7.33. The molecule has 0 atom stereocenters. The van der Waals surface area contributed by atoms with Crippen molar-refractivity contribution in [2.45, 2.75) is 13.0 Å². The molecule has 0 aromatic carbocycles. The van der Waals surface area contributed by atoms with Crippen molar-refractivity contribution in [2.75, 3.05) is 0 Å². The zero-order chi connectivity index (χ0) is 10.0. The van der Waals surface area contributed by atoms with Crippen LogP contribution in [0.1, 0.15) is 17.7 Å². The lowest BCUT2D eigenvalue weighted by Gasteiger charge is -2.07. The Labute approximate surface area is 92.6 Å². The molecule has 1 aromatic heterocycles. The van der Waals surface area contributed by atoms with Gasteiger partial charge in [-0.15, -0.1) is 0 Å². The quantitative estimate of drug-likeness (QED) is 0.673. The normalized spacial score (nSPS) is 10.9. The predicted octanol–water partition coefficient (Wildman–Crippen LogP) is 2.74. The van der Waals surface area contributed by atoms with E-state index in [1.165, 1.54) is 6.07 Å². The summed E-state index contributed by atoms with van der Waals surface area (Å²) < 4.78 is 25.1. The van der Waals surface area contributed by atoms with E-state index in [4.69, 9.17) is 17.3 Å². The lowest BCUT2D eigenvalue weighted by molar-refractivity contribution is 0.145. The molecule has 0 aliphatic rings. The molecule has 0 bridgehead atoms. The molecule has 1 heterocycles. The molecule has 0 spiro atoms. The van der Waals surface area contributed by atoms with E-state index in [0.29, 0.717) is 9.13 Å². The minimum atomic E-state index is -2.61. The maximum Gasteiger partial charge on any atom is 0.281 e. The maximum atomic E-state index is 12.4. The van der Waals surface area contributed by atoms with E-state index in [1.807, 2.05) is 0 Å². The van der Waals surface area contributed by atoms with Crippen LogP contribution in [-0.4, -0.2) is 4.98 Å². The first-order valence-electron chi connectivity index (χ1n) is 3.39. The van der Waals surface area contributed by atoms with Gasteiger partial charge in [-0.2, -0.15) is 0 Å². The van der Waals surface area contributed by atoms with Gasteiger partial charge in [-0.3, -0.25) is 0 Å². The molecule has 2 N–H and O–H groups in total. The Bertz CT molecular complexity index is 320. The summed E-state index contributed by atoms with van der Waals surface area (Å²) in [5.74, 6) is 0. The van der Waals surface area contributed by atoms with Crippen LogP contribution in [0.5, 0.6) is 0 Å². The van der Waals surface area contributed by atoms with Gasteiger partial charge in [0, 0.05) is 10.1 Å². The molecule has 0 saturated carbocycles. The first kappa shape index (κ1) is 11.1. The van der Waals surface area contributed by atoms with Gasteiger partial charge in [0.05, 0.1) is 0 Å². The molecular formula is C7H6ClF2IN2. The summed E-state index contributed by atoms with van der Waals surface area (Å²) in [6.07, 6.45) is -2.61. The molecular weight excluding hydrogens is 312 g/mol. The van der Waals surface area contributed by atoms with Crippen molar-refractivity contribution in [2.24, 2.45) is 5.73 Å².